The third kappa shape index (κ3) is 3.92. The van der Waals surface area contributed by atoms with Crippen molar-refractivity contribution >= 4 is 23.2 Å². The van der Waals surface area contributed by atoms with Crippen molar-refractivity contribution in [1.29, 1.82) is 0 Å². The van der Waals surface area contributed by atoms with E-state index in [9.17, 15) is 9.59 Å². The quantitative estimate of drug-likeness (QED) is 0.576. The Balaban J connectivity index is 1.62. The van der Waals surface area contributed by atoms with Crippen LogP contribution in [-0.4, -0.2) is 40.7 Å². The number of fused-ring (bicyclic) bond motifs is 1. The molecule has 1 aromatic carbocycles. The molecule has 0 unspecified atom stereocenters. The summed E-state index contributed by atoms with van der Waals surface area (Å²) in [6, 6.07) is 15.4. The fourth-order valence-corrected chi connectivity index (χ4v) is 4.91. The van der Waals surface area contributed by atoms with Crippen molar-refractivity contribution in [3.05, 3.63) is 81.9 Å². The summed E-state index contributed by atoms with van der Waals surface area (Å²) in [5, 5.41) is 2.10. The lowest BCUT2D eigenvalue weighted by molar-refractivity contribution is -0.134. The number of rotatable bonds is 6. The van der Waals surface area contributed by atoms with Crippen LogP contribution in [0, 0.1) is 0 Å². The summed E-state index contributed by atoms with van der Waals surface area (Å²) in [6.07, 6.45) is 3.09. The van der Waals surface area contributed by atoms with Gasteiger partial charge in [-0.05, 0) is 54.5 Å². The van der Waals surface area contributed by atoms with Crippen molar-refractivity contribution in [1.82, 2.24) is 9.80 Å². The van der Waals surface area contributed by atoms with Gasteiger partial charge in [0.1, 0.15) is 6.54 Å². The molecule has 4 rings (SSSR count). The van der Waals surface area contributed by atoms with Crippen LogP contribution in [-0.2, 0) is 11.2 Å². The third-order valence-corrected chi connectivity index (χ3v) is 6.82. The van der Waals surface area contributed by atoms with Gasteiger partial charge >= 0.3 is 0 Å². The second-order valence-corrected chi connectivity index (χ2v) is 8.62. The highest BCUT2D eigenvalue weighted by Gasteiger charge is 2.35. The zero-order valence-electron chi connectivity index (χ0n) is 17.3. The Hall–Kier alpha value is -2.86. The minimum absolute atomic E-state index is 0.0390. The Kier molecular flexibility index (Phi) is 6.04. The lowest BCUT2D eigenvalue weighted by Crippen LogP contribution is -2.49. The smallest absolute Gasteiger partial charge is 0.290 e. The standard InChI is InChI=1S/C24H26N2O3S/c1-3-17(2)26(24(28)20-10-7-14-29-20)16-22(27)25-13-11-21-19(12-15-30-21)23(25)18-8-5-4-6-9-18/h4-10,12,14-15,17,23H,3,11,13,16H2,1-2H3/t17-,23+/m0/s1. The molecule has 5 nitrogen and oxygen atoms in total. The van der Waals surface area contributed by atoms with E-state index in [4.69, 9.17) is 4.42 Å². The van der Waals surface area contributed by atoms with Crippen molar-refractivity contribution in [3.8, 4) is 0 Å². The lowest BCUT2D eigenvalue weighted by Gasteiger charge is -2.38. The third-order valence-electron chi connectivity index (χ3n) is 5.82. The monoisotopic (exact) mass is 422 g/mol. The summed E-state index contributed by atoms with van der Waals surface area (Å²) in [5.74, 6) is -0.0189. The SMILES string of the molecule is CC[C@H](C)N(CC(=O)N1CCc2sccc2[C@H]1c1ccccc1)C(=O)c1ccco1. The van der Waals surface area contributed by atoms with Gasteiger partial charge in [-0.15, -0.1) is 11.3 Å². The molecule has 0 N–H and O–H groups in total. The average molecular weight is 423 g/mol. The fourth-order valence-electron chi connectivity index (χ4n) is 4.01. The van der Waals surface area contributed by atoms with Crippen LogP contribution in [0.4, 0.5) is 0 Å². The topological polar surface area (TPSA) is 53.8 Å². The highest BCUT2D eigenvalue weighted by Crippen LogP contribution is 2.37. The van der Waals surface area contributed by atoms with Gasteiger partial charge in [0.25, 0.3) is 5.91 Å². The van der Waals surface area contributed by atoms with E-state index in [1.165, 1.54) is 16.7 Å². The molecule has 0 radical (unpaired) electrons. The number of nitrogens with zero attached hydrogens (tertiary/aromatic N) is 2. The number of furan rings is 1. The summed E-state index contributed by atoms with van der Waals surface area (Å²) < 4.78 is 5.31. The summed E-state index contributed by atoms with van der Waals surface area (Å²) in [4.78, 5) is 31.4. The minimum Gasteiger partial charge on any atom is -0.459 e. The van der Waals surface area contributed by atoms with Crippen LogP contribution in [0.25, 0.3) is 0 Å². The molecule has 0 spiro atoms. The molecule has 30 heavy (non-hydrogen) atoms. The largest absolute Gasteiger partial charge is 0.459 e. The molecule has 0 bridgehead atoms. The van der Waals surface area contributed by atoms with Gasteiger partial charge in [-0.25, -0.2) is 0 Å². The summed E-state index contributed by atoms with van der Waals surface area (Å²) in [6.45, 7) is 4.67. The zero-order chi connectivity index (χ0) is 21.1. The number of hydrogen-bond donors (Lipinski definition) is 0. The molecule has 3 aromatic rings. The molecule has 1 aliphatic rings. The Labute approximate surface area is 180 Å². The van der Waals surface area contributed by atoms with E-state index in [2.05, 4.69) is 23.6 Å². The van der Waals surface area contributed by atoms with Crippen LogP contribution in [0.1, 0.15) is 52.9 Å². The van der Waals surface area contributed by atoms with Crippen LogP contribution in [0.15, 0.2) is 64.6 Å². The van der Waals surface area contributed by atoms with Crippen molar-refractivity contribution in [2.75, 3.05) is 13.1 Å². The van der Waals surface area contributed by atoms with Gasteiger partial charge in [0.15, 0.2) is 5.76 Å². The van der Waals surface area contributed by atoms with Crippen LogP contribution in [0.5, 0.6) is 0 Å². The van der Waals surface area contributed by atoms with Crippen molar-refractivity contribution in [3.63, 3.8) is 0 Å². The second-order valence-electron chi connectivity index (χ2n) is 7.62. The van der Waals surface area contributed by atoms with Gasteiger partial charge in [0, 0.05) is 17.5 Å². The maximum absolute atomic E-state index is 13.5. The van der Waals surface area contributed by atoms with Gasteiger partial charge < -0.3 is 14.2 Å². The fraction of sp³-hybridized carbons (Fsp3) is 0.333. The van der Waals surface area contributed by atoms with E-state index in [0.717, 1.165) is 18.4 Å². The van der Waals surface area contributed by atoms with Crippen LogP contribution in [0.3, 0.4) is 0 Å². The summed E-state index contributed by atoms with van der Waals surface area (Å²) >= 11 is 1.75. The normalized spacial score (nSPS) is 16.7. The molecule has 0 saturated carbocycles. The average Bonchev–Trinajstić information content (AvgIpc) is 3.48. The van der Waals surface area contributed by atoms with Gasteiger partial charge in [0.2, 0.25) is 5.91 Å². The van der Waals surface area contributed by atoms with E-state index >= 15 is 0 Å². The van der Waals surface area contributed by atoms with Gasteiger partial charge in [-0.3, -0.25) is 9.59 Å². The molecule has 2 amide bonds. The Bertz CT molecular complexity index is 997. The predicted octanol–water partition coefficient (Wildman–Crippen LogP) is 4.76. The number of hydrogen-bond acceptors (Lipinski definition) is 4. The first-order chi connectivity index (χ1) is 14.6. The van der Waals surface area contributed by atoms with E-state index in [1.807, 2.05) is 36.9 Å². The number of carbonyl (C=O) groups excluding carboxylic acids is 2. The Morgan fingerprint density at radius 3 is 2.70 bits per heavy atom. The lowest BCUT2D eigenvalue weighted by atomic mass is 9.93. The molecule has 0 fully saturated rings. The Morgan fingerprint density at radius 1 is 1.20 bits per heavy atom. The summed E-state index contributed by atoms with van der Waals surface area (Å²) in [7, 11) is 0. The minimum atomic E-state index is -0.243. The molecule has 6 heteroatoms. The van der Waals surface area contributed by atoms with E-state index in [0.29, 0.717) is 6.54 Å². The van der Waals surface area contributed by atoms with Crippen LogP contribution >= 0.6 is 11.3 Å². The molecular formula is C24H26N2O3S. The maximum atomic E-state index is 13.5. The second kappa shape index (κ2) is 8.88. The first-order valence-electron chi connectivity index (χ1n) is 10.3. The maximum Gasteiger partial charge on any atom is 0.290 e. The molecule has 0 saturated heterocycles. The Morgan fingerprint density at radius 2 is 2.00 bits per heavy atom. The highest BCUT2D eigenvalue weighted by atomic mass is 32.1. The molecule has 156 valence electrons. The number of carbonyl (C=O) groups is 2. The van der Waals surface area contributed by atoms with Gasteiger partial charge in [-0.1, -0.05) is 37.3 Å². The molecule has 3 heterocycles. The van der Waals surface area contributed by atoms with Crippen molar-refractivity contribution < 1.29 is 14.0 Å². The molecule has 2 atom stereocenters. The number of thiophene rings is 1. The highest BCUT2D eigenvalue weighted by molar-refractivity contribution is 7.10. The number of amides is 2. The van der Waals surface area contributed by atoms with Crippen LogP contribution < -0.4 is 0 Å². The first-order valence-corrected chi connectivity index (χ1v) is 11.2. The zero-order valence-corrected chi connectivity index (χ0v) is 18.1. The van der Waals surface area contributed by atoms with E-state index < -0.39 is 0 Å². The predicted molar refractivity (Wildman–Crippen MR) is 118 cm³/mol. The summed E-state index contributed by atoms with van der Waals surface area (Å²) in [5.41, 5.74) is 2.29. The van der Waals surface area contributed by atoms with E-state index in [1.54, 1.807) is 28.4 Å². The molecule has 2 aromatic heterocycles. The number of benzene rings is 1. The van der Waals surface area contributed by atoms with Gasteiger partial charge in [-0.2, -0.15) is 0 Å². The van der Waals surface area contributed by atoms with E-state index in [-0.39, 0.29) is 36.2 Å². The van der Waals surface area contributed by atoms with Crippen LogP contribution in [0.2, 0.25) is 0 Å². The molecular weight excluding hydrogens is 396 g/mol. The molecule has 1 aliphatic heterocycles. The van der Waals surface area contributed by atoms with Crippen molar-refractivity contribution in [2.24, 2.45) is 0 Å². The van der Waals surface area contributed by atoms with Crippen molar-refractivity contribution in [2.45, 2.75) is 38.8 Å². The first kappa shape index (κ1) is 20.4. The van der Waals surface area contributed by atoms with Gasteiger partial charge in [0.05, 0.1) is 12.3 Å². The molecule has 0 aliphatic carbocycles.